The van der Waals surface area contributed by atoms with Crippen LogP contribution in [-0.4, -0.2) is 31.7 Å². The average Bonchev–Trinajstić information content (AvgIpc) is 2.83. The Kier molecular flexibility index (Phi) is 3.84. The highest BCUT2D eigenvalue weighted by Gasteiger charge is 2.22. The fourth-order valence-corrected chi connectivity index (χ4v) is 1.96. The number of carbonyl (C=O) groups is 2. The lowest BCUT2D eigenvalue weighted by atomic mass is 10.1. The number of rotatable bonds is 5. The van der Waals surface area contributed by atoms with Gasteiger partial charge in [0.1, 0.15) is 0 Å². The minimum Gasteiger partial charge on any atom is -0.476 e. The molecule has 0 amide bonds. The molecule has 20 heavy (non-hydrogen) atoms. The number of hydrogen-bond acceptors (Lipinski definition) is 3. The summed E-state index contributed by atoms with van der Waals surface area (Å²) in [5, 5.41) is 18.0. The molecule has 1 aromatic heterocycles. The van der Waals surface area contributed by atoms with Gasteiger partial charge in [-0.25, -0.2) is 14.6 Å². The van der Waals surface area contributed by atoms with Crippen LogP contribution in [0.1, 0.15) is 39.0 Å². The third kappa shape index (κ3) is 2.69. The summed E-state index contributed by atoms with van der Waals surface area (Å²) in [6, 6.07) is 7.71. The maximum Gasteiger partial charge on any atom is 0.357 e. The maximum atomic E-state index is 11.2. The van der Waals surface area contributed by atoms with Crippen LogP contribution in [0.25, 0.3) is 0 Å². The Morgan fingerprint density at radius 1 is 1.10 bits per heavy atom. The average molecular weight is 274 g/mol. The molecule has 6 nitrogen and oxygen atoms in total. The number of hydrogen-bond donors (Lipinski definition) is 2. The molecule has 0 radical (unpaired) electrons. The Morgan fingerprint density at radius 2 is 1.70 bits per heavy atom. The Morgan fingerprint density at radius 3 is 2.20 bits per heavy atom. The zero-order chi connectivity index (χ0) is 14.7. The number of carboxylic acid groups (broad SMARTS) is 2. The van der Waals surface area contributed by atoms with Crippen LogP contribution in [0.3, 0.4) is 0 Å². The number of nitrogens with zero attached hydrogens (tertiary/aromatic N) is 2. The van der Waals surface area contributed by atoms with E-state index in [9.17, 15) is 9.59 Å². The molecular formula is C14H14N2O4. The van der Waals surface area contributed by atoms with Crippen LogP contribution in [-0.2, 0) is 13.0 Å². The first-order chi connectivity index (χ1) is 9.52. The van der Waals surface area contributed by atoms with E-state index in [1.807, 2.05) is 31.2 Å². The SMILES string of the molecule is CCc1ccc(Cn2cnc(C(=O)O)c2C(=O)O)cc1. The van der Waals surface area contributed by atoms with Gasteiger partial charge in [0.2, 0.25) is 0 Å². The van der Waals surface area contributed by atoms with E-state index in [2.05, 4.69) is 4.98 Å². The molecule has 2 N–H and O–H groups in total. The predicted octanol–water partition coefficient (Wildman–Crippen LogP) is 1.89. The van der Waals surface area contributed by atoms with Gasteiger partial charge in [0.25, 0.3) is 0 Å². The molecule has 0 saturated carbocycles. The van der Waals surface area contributed by atoms with Crippen molar-refractivity contribution in [3.8, 4) is 0 Å². The van der Waals surface area contributed by atoms with Crippen molar-refractivity contribution in [3.63, 3.8) is 0 Å². The summed E-state index contributed by atoms with van der Waals surface area (Å²) in [6.45, 7) is 2.32. The first kappa shape index (κ1) is 13.8. The van der Waals surface area contributed by atoms with E-state index in [-0.39, 0.29) is 12.2 Å². The molecule has 0 aliphatic carbocycles. The Balaban J connectivity index is 2.33. The van der Waals surface area contributed by atoms with Gasteiger partial charge < -0.3 is 14.8 Å². The predicted molar refractivity (Wildman–Crippen MR) is 71.1 cm³/mol. The molecule has 6 heteroatoms. The fraction of sp³-hybridized carbons (Fsp3) is 0.214. The molecule has 0 atom stereocenters. The van der Waals surface area contributed by atoms with Crippen LogP contribution >= 0.6 is 0 Å². The molecule has 0 fully saturated rings. The second-order valence-electron chi connectivity index (χ2n) is 4.35. The Labute approximate surface area is 115 Å². The molecule has 104 valence electrons. The van der Waals surface area contributed by atoms with Crippen LogP contribution < -0.4 is 0 Å². The summed E-state index contributed by atoms with van der Waals surface area (Å²) in [7, 11) is 0. The van der Waals surface area contributed by atoms with Gasteiger partial charge in [0, 0.05) is 6.54 Å². The van der Waals surface area contributed by atoms with E-state index in [1.165, 1.54) is 16.5 Å². The van der Waals surface area contributed by atoms with Gasteiger partial charge in [-0.1, -0.05) is 31.2 Å². The van der Waals surface area contributed by atoms with E-state index < -0.39 is 17.6 Å². The maximum absolute atomic E-state index is 11.2. The standard InChI is InChI=1S/C14H14N2O4/c1-2-9-3-5-10(6-4-9)7-16-8-15-11(13(17)18)12(16)14(19)20/h3-6,8H,2,7H2,1H3,(H,17,18)(H,19,20). The normalized spacial score (nSPS) is 10.4. The van der Waals surface area contributed by atoms with Crippen LogP contribution in [0.15, 0.2) is 30.6 Å². The topological polar surface area (TPSA) is 92.4 Å². The number of aryl methyl sites for hydroxylation is 1. The number of benzene rings is 1. The molecule has 2 aromatic rings. The summed E-state index contributed by atoms with van der Waals surface area (Å²) in [6.07, 6.45) is 2.16. The minimum atomic E-state index is -1.34. The van der Waals surface area contributed by atoms with Crippen molar-refractivity contribution in [2.45, 2.75) is 19.9 Å². The van der Waals surface area contributed by atoms with Gasteiger partial charge >= 0.3 is 11.9 Å². The first-order valence-corrected chi connectivity index (χ1v) is 6.12. The van der Waals surface area contributed by atoms with E-state index in [1.54, 1.807) is 0 Å². The number of aromatic nitrogens is 2. The molecule has 0 unspecified atom stereocenters. The summed E-state index contributed by atoms with van der Waals surface area (Å²) in [4.78, 5) is 25.8. The highest BCUT2D eigenvalue weighted by Crippen LogP contribution is 2.12. The van der Waals surface area contributed by atoms with Gasteiger partial charge in [-0.2, -0.15) is 0 Å². The molecule has 0 aliphatic heterocycles. The lowest BCUT2D eigenvalue weighted by molar-refractivity contribution is 0.0640. The number of aromatic carboxylic acids is 2. The van der Waals surface area contributed by atoms with Crippen molar-refractivity contribution >= 4 is 11.9 Å². The van der Waals surface area contributed by atoms with Crippen LogP contribution in [0.2, 0.25) is 0 Å². The molecule has 0 saturated heterocycles. The molecule has 1 aromatic carbocycles. The third-order valence-electron chi connectivity index (χ3n) is 3.03. The third-order valence-corrected chi connectivity index (χ3v) is 3.03. The second-order valence-corrected chi connectivity index (χ2v) is 4.35. The van der Waals surface area contributed by atoms with Gasteiger partial charge in [0.15, 0.2) is 11.4 Å². The Hall–Kier alpha value is -2.63. The zero-order valence-electron chi connectivity index (χ0n) is 10.9. The molecule has 0 spiro atoms. The number of carboxylic acids is 2. The molecule has 0 aliphatic rings. The monoisotopic (exact) mass is 274 g/mol. The van der Waals surface area contributed by atoms with Crippen LogP contribution in [0, 0.1) is 0 Å². The van der Waals surface area contributed by atoms with Crippen molar-refractivity contribution in [3.05, 3.63) is 53.1 Å². The molecule has 0 bridgehead atoms. The number of imidazole rings is 1. The summed E-state index contributed by atoms with van der Waals surface area (Å²) in [5.74, 6) is -2.65. The van der Waals surface area contributed by atoms with Gasteiger partial charge in [-0.3, -0.25) is 0 Å². The van der Waals surface area contributed by atoms with E-state index in [4.69, 9.17) is 10.2 Å². The van der Waals surface area contributed by atoms with E-state index in [0.29, 0.717) is 0 Å². The molecule has 2 rings (SSSR count). The first-order valence-electron chi connectivity index (χ1n) is 6.12. The summed E-state index contributed by atoms with van der Waals surface area (Å²) < 4.78 is 1.33. The minimum absolute atomic E-state index is 0.270. The van der Waals surface area contributed by atoms with E-state index in [0.717, 1.165) is 12.0 Å². The van der Waals surface area contributed by atoms with Gasteiger partial charge in [-0.15, -0.1) is 0 Å². The summed E-state index contributed by atoms with van der Waals surface area (Å²) >= 11 is 0. The van der Waals surface area contributed by atoms with Crippen LogP contribution in [0.4, 0.5) is 0 Å². The highest BCUT2D eigenvalue weighted by molar-refractivity contribution is 5.99. The second kappa shape index (κ2) is 5.56. The largest absolute Gasteiger partial charge is 0.476 e. The quantitative estimate of drug-likeness (QED) is 0.868. The van der Waals surface area contributed by atoms with Crippen LogP contribution in [0.5, 0.6) is 0 Å². The van der Waals surface area contributed by atoms with Crippen molar-refractivity contribution in [1.82, 2.24) is 9.55 Å². The van der Waals surface area contributed by atoms with Crippen molar-refractivity contribution in [2.24, 2.45) is 0 Å². The molecule has 1 heterocycles. The van der Waals surface area contributed by atoms with Crippen molar-refractivity contribution < 1.29 is 19.8 Å². The van der Waals surface area contributed by atoms with Gasteiger partial charge in [-0.05, 0) is 17.5 Å². The molecular weight excluding hydrogens is 260 g/mol. The Bertz CT molecular complexity index is 644. The van der Waals surface area contributed by atoms with Crippen molar-refractivity contribution in [1.29, 1.82) is 0 Å². The zero-order valence-corrected chi connectivity index (χ0v) is 10.9. The van der Waals surface area contributed by atoms with Crippen molar-refractivity contribution in [2.75, 3.05) is 0 Å². The van der Waals surface area contributed by atoms with E-state index >= 15 is 0 Å². The van der Waals surface area contributed by atoms with Gasteiger partial charge in [0.05, 0.1) is 6.33 Å². The lowest BCUT2D eigenvalue weighted by Gasteiger charge is -2.06. The summed E-state index contributed by atoms with van der Waals surface area (Å²) in [5.41, 5.74) is 1.32. The highest BCUT2D eigenvalue weighted by atomic mass is 16.4. The lowest BCUT2D eigenvalue weighted by Crippen LogP contribution is -2.13. The fourth-order valence-electron chi connectivity index (χ4n) is 1.96. The smallest absolute Gasteiger partial charge is 0.357 e.